The molecule has 5 saturated carbocycles. The molecule has 0 radical (unpaired) electrons. The van der Waals surface area contributed by atoms with Gasteiger partial charge >= 0.3 is 5.97 Å². The fourth-order valence-electron chi connectivity index (χ4n) is 9.68. The fourth-order valence-corrected chi connectivity index (χ4v) is 10.5. The Bertz CT molecular complexity index is 2190. The average molecular weight is 657 g/mol. The molecule has 48 heavy (non-hydrogen) atoms. The van der Waals surface area contributed by atoms with Crippen LogP contribution in [-0.2, 0) is 6.54 Å². The minimum absolute atomic E-state index is 0.153. The molecule has 5 aliphatic carbocycles. The molecule has 2 N–H and O–H groups in total. The van der Waals surface area contributed by atoms with Gasteiger partial charge in [-0.05, 0) is 106 Å². The monoisotopic (exact) mass is 656 g/mol. The van der Waals surface area contributed by atoms with Crippen molar-refractivity contribution >= 4 is 49.6 Å². The van der Waals surface area contributed by atoms with E-state index in [1.165, 1.54) is 38.5 Å². The van der Waals surface area contributed by atoms with Gasteiger partial charge in [0.15, 0.2) is 10.8 Å². The molecule has 0 amide bonds. The Balaban J connectivity index is 0.986. The van der Waals surface area contributed by atoms with Gasteiger partial charge in [-0.2, -0.15) is 5.10 Å². The largest absolute Gasteiger partial charge is 0.478 e. The van der Waals surface area contributed by atoms with Gasteiger partial charge in [0.25, 0.3) is 0 Å². The van der Waals surface area contributed by atoms with Gasteiger partial charge in [-0.15, -0.1) is 0 Å². The molecule has 5 aromatic heterocycles. The van der Waals surface area contributed by atoms with E-state index < -0.39 is 5.97 Å². The highest BCUT2D eigenvalue weighted by molar-refractivity contribution is 7.22. The molecule has 5 aliphatic rings. The third kappa shape index (κ3) is 4.57. The number of carboxylic acid groups (broad SMARTS) is 1. The number of anilines is 2. The van der Waals surface area contributed by atoms with E-state index >= 15 is 0 Å². The topological polar surface area (TPSA) is 124 Å². The molecule has 6 aromatic rings. The number of aromatic carboxylic acids is 1. The summed E-state index contributed by atoms with van der Waals surface area (Å²) in [4.78, 5) is 31.9. The molecule has 5 heterocycles. The molecule has 10 nitrogen and oxygen atoms in total. The van der Waals surface area contributed by atoms with Crippen LogP contribution < -0.4 is 5.32 Å². The first-order valence-electron chi connectivity index (χ1n) is 17.1. The lowest BCUT2D eigenvalue weighted by Crippen LogP contribution is -2.48. The van der Waals surface area contributed by atoms with E-state index in [2.05, 4.69) is 34.0 Å². The van der Waals surface area contributed by atoms with Crippen molar-refractivity contribution in [2.45, 2.75) is 70.8 Å². The van der Waals surface area contributed by atoms with E-state index in [0.29, 0.717) is 28.1 Å². The van der Waals surface area contributed by atoms with E-state index in [1.807, 2.05) is 29.0 Å². The molecule has 0 unspecified atom stereocenters. The smallest absolute Gasteiger partial charge is 0.338 e. The van der Waals surface area contributed by atoms with Crippen molar-refractivity contribution in [2.75, 3.05) is 5.32 Å². The normalized spacial score (nSPS) is 24.6. The molecular weight excluding hydrogens is 621 g/mol. The lowest BCUT2D eigenvalue weighted by molar-refractivity contribution is -0.0638. The minimum atomic E-state index is -1.02. The number of imidazole rings is 1. The third-order valence-corrected chi connectivity index (χ3v) is 12.5. The molecular formula is C37H36N8O2S. The molecule has 0 spiro atoms. The van der Waals surface area contributed by atoms with Gasteiger partial charge in [0, 0.05) is 35.1 Å². The number of para-hydroxylation sites is 1. The molecule has 11 heteroatoms. The van der Waals surface area contributed by atoms with Crippen molar-refractivity contribution in [1.29, 1.82) is 0 Å². The van der Waals surface area contributed by atoms with Crippen molar-refractivity contribution in [1.82, 2.24) is 34.3 Å². The number of carbonyl (C=O) groups is 1. The van der Waals surface area contributed by atoms with Crippen LogP contribution >= 0.6 is 11.3 Å². The van der Waals surface area contributed by atoms with Crippen LogP contribution in [0.3, 0.4) is 0 Å². The van der Waals surface area contributed by atoms with Crippen LogP contribution in [0.15, 0.2) is 55.2 Å². The van der Waals surface area contributed by atoms with Crippen LogP contribution in [0.5, 0.6) is 0 Å². The number of fused-ring (bicyclic) bond motifs is 2. The summed E-state index contributed by atoms with van der Waals surface area (Å²) in [7, 11) is 0. The molecule has 0 aliphatic heterocycles. The van der Waals surface area contributed by atoms with Crippen LogP contribution in [0.2, 0.25) is 0 Å². The molecule has 5 fully saturated rings. The van der Waals surface area contributed by atoms with Crippen molar-refractivity contribution in [3.05, 3.63) is 72.1 Å². The molecule has 1 aromatic carbocycles. The first kappa shape index (κ1) is 28.4. The van der Waals surface area contributed by atoms with E-state index in [-0.39, 0.29) is 5.56 Å². The van der Waals surface area contributed by atoms with Crippen LogP contribution in [0.1, 0.15) is 78.9 Å². The molecule has 242 valence electrons. The number of carboxylic acids is 1. The highest BCUT2D eigenvalue weighted by Crippen LogP contribution is 2.60. The zero-order valence-corrected chi connectivity index (χ0v) is 27.6. The molecule has 0 atom stereocenters. The summed E-state index contributed by atoms with van der Waals surface area (Å²) < 4.78 is 5.10. The van der Waals surface area contributed by atoms with Crippen molar-refractivity contribution < 1.29 is 9.90 Å². The second-order valence-corrected chi connectivity index (χ2v) is 15.9. The minimum Gasteiger partial charge on any atom is -0.478 e. The summed E-state index contributed by atoms with van der Waals surface area (Å²) in [5.41, 5.74) is 6.56. The molecule has 11 rings (SSSR count). The first-order valence-corrected chi connectivity index (χ1v) is 18.0. The number of rotatable bonds is 8. The summed E-state index contributed by atoms with van der Waals surface area (Å²) >= 11 is 1.61. The number of nitrogens with one attached hydrogen (secondary N) is 1. The number of nitrogens with zero attached hydrogens (tertiary/aromatic N) is 7. The average Bonchev–Trinajstić information content (AvgIpc) is 3.53. The second-order valence-electron chi connectivity index (χ2n) is 14.9. The van der Waals surface area contributed by atoms with Gasteiger partial charge in [-0.25, -0.2) is 24.7 Å². The van der Waals surface area contributed by atoms with Crippen LogP contribution in [0.4, 0.5) is 10.9 Å². The number of thiazole rings is 1. The summed E-state index contributed by atoms with van der Waals surface area (Å²) in [6.07, 6.45) is 17.3. The maximum atomic E-state index is 12.9. The molecule has 4 bridgehead atoms. The predicted octanol–water partition coefficient (Wildman–Crippen LogP) is 8.13. The predicted molar refractivity (Wildman–Crippen MR) is 185 cm³/mol. The Kier molecular flexibility index (Phi) is 6.17. The van der Waals surface area contributed by atoms with Crippen molar-refractivity contribution in [3.8, 4) is 16.8 Å². The van der Waals surface area contributed by atoms with Gasteiger partial charge < -0.3 is 10.4 Å². The summed E-state index contributed by atoms with van der Waals surface area (Å²) in [5.74, 6) is 2.79. The van der Waals surface area contributed by atoms with E-state index in [1.54, 1.807) is 30.1 Å². The van der Waals surface area contributed by atoms with Gasteiger partial charge in [0.05, 0.1) is 33.9 Å². The number of aromatic nitrogens is 7. The van der Waals surface area contributed by atoms with Crippen LogP contribution in [0, 0.1) is 30.1 Å². The highest BCUT2D eigenvalue weighted by atomic mass is 32.1. The van der Waals surface area contributed by atoms with Gasteiger partial charge in [0.1, 0.15) is 17.7 Å². The fraction of sp³-hybridized carbons (Fsp3) is 0.405. The van der Waals surface area contributed by atoms with Crippen molar-refractivity contribution in [3.63, 3.8) is 0 Å². The number of hydrogen-bond acceptors (Lipinski definition) is 8. The quantitative estimate of drug-likeness (QED) is 0.168. The lowest BCUT2D eigenvalue weighted by atomic mass is 9.49. The van der Waals surface area contributed by atoms with E-state index in [4.69, 9.17) is 20.1 Å². The zero-order chi connectivity index (χ0) is 32.1. The number of hydrogen-bond donors (Lipinski definition) is 2. The number of benzene rings is 1. The van der Waals surface area contributed by atoms with Gasteiger partial charge in [0.2, 0.25) is 0 Å². The lowest BCUT2D eigenvalue weighted by Gasteiger charge is -2.56. The van der Waals surface area contributed by atoms with Gasteiger partial charge in [-0.3, -0.25) is 9.25 Å². The SMILES string of the molecule is Cc1c(-c2cnc3c(ncn3-c3cnc(Nc4nc5ccccc5s4)c(C4CC4)c3)c2C(=O)O)cnn1CC12CC3CC(CC(C3)C1)C2. The maximum Gasteiger partial charge on any atom is 0.338 e. The van der Waals surface area contributed by atoms with Gasteiger partial charge in [-0.1, -0.05) is 23.5 Å². The maximum absolute atomic E-state index is 12.9. The van der Waals surface area contributed by atoms with E-state index in [9.17, 15) is 9.90 Å². The Morgan fingerprint density at radius 2 is 1.77 bits per heavy atom. The number of pyridine rings is 2. The zero-order valence-electron chi connectivity index (χ0n) is 26.8. The first-order chi connectivity index (χ1) is 23.4. The Morgan fingerprint density at radius 3 is 2.50 bits per heavy atom. The highest BCUT2D eigenvalue weighted by Gasteiger charge is 2.51. The van der Waals surface area contributed by atoms with Crippen LogP contribution in [0.25, 0.3) is 38.2 Å². The Hall–Kier alpha value is -4.64. The standard InChI is InChI=1S/C37H36N8O2S/c1-20-27(17-41-45(20)18-37-12-21-8-22(13-37)10-23(9-21)14-37)28-16-39-34-32(31(28)35(46)47)40-19-44(34)25-11-26(24-6-7-24)33(38-15-25)43-36-42-29-4-2-3-5-30(29)48-36/h2-5,11,15-17,19,21-24H,6-10,12-14,18H2,1H3,(H,46,47)(H,38,42,43). The summed E-state index contributed by atoms with van der Waals surface area (Å²) in [6, 6.07) is 10.2. The summed E-state index contributed by atoms with van der Waals surface area (Å²) in [6.45, 7) is 2.97. The van der Waals surface area contributed by atoms with Crippen molar-refractivity contribution in [2.24, 2.45) is 23.2 Å². The Labute approximate surface area is 281 Å². The van der Waals surface area contributed by atoms with Crippen LogP contribution in [-0.4, -0.2) is 45.4 Å². The molecule has 0 saturated heterocycles. The summed E-state index contributed by atoms with van der Waals surface area (Å²) in [5, 5.41) is 19.6. The third-order valence-electron chi connectivity index (χ3n) is 11.5. The van der Waals surface area contributed by atoms with E-state index in [0.717, 1.165) is 80.8 Å². The second kappa shape index (κ2) is 10.4. The Morgan fingerprint density at radius 1 is 1.00 bits per heavy atom.